The van der Waals surface area contributed by atoms with Crippen molar-refractivity contribution in [2.75, 3.05) is 26.0 Å². The summed E-state index contributed by atoms with van der Waals surface area (Å²) < 4.78 is 5.17. The Hall–Kier alpha value is -3.64. The van der Waals surface area contributed by atoms with Crippen molar-refractivity contribution in [2.24, 2.45) is 0 Å². The first kappa shape index (κ1) is 22.1. The summed E-state index contributed by atoms with van der Waals surface area (Å²) in [6, 6.07) is 24.6. The van der Waals surface area contributed by atoms with Gasteiger partial charge in [-0.05, 0) is 42.0 Å². The average molecular weight is 419 g/mol. The summed E-state index contributed by atoms with van der Waals surface area (Å²) in [6.45, 7) is 1.42. The van der Waals surface area contributed by atoms with E-state index in [9.17, 15) is 9.59 Å². The van der Waals surface area contributed by atoms with E-state index in [2.05, 4.69) is 10.6 Å². The van der Waals surface area contributed by atoms with Gasteiger partial charge in [-0.3, -0.25) is 9.59 Å². The van der Waals surface area contributed by atoms with E-state index in [1.54, 1.807) is 31.4 Å². The predicted octanol–water partition coefficient (Wildman–Crippen LogP) is 2.28. The normalized spacial score (nSPS) is 11.4. The van der Waals surface area contributed by atoms with E-state index in [1.165, 1.54) is 0 Å². The third-order valence-corrected chi connectivity index (χ3v) is 4.87. The van der Waals surface area contributed by atoms with Crippen molar-refractivity contribution < 1.29 is 19.2 Å². The van der Waals surface area contributed by atoms with Crippen molar-refractivity contribution in [2.45, 2.75) is 13.1 Å². The van der Waals surface area contributed by atoms with E-state index in [4.69, 9.17) is 4.74 Å². The van der Waals surface area contributed by atoms with Gasteiger partial charge < -0.3 is 20.3 Å². The predicted molar refractivity (Wildman–Crippen MR) is 121 cm³/mol. The Morgan fingerprint density at radius 2 is 1.55 bits per heavy atom. The minimum atomic E-state index is -0.223. The number of para-hydroxylation sites is 1. The third kappa shape index (κ3) is 6.69. The molecule has 0 saturated carbocycles. The number of ether oxygens (including phenoxy) is 1. The Morgan fingerprint density at radius 3 is 2.26 bits per heavy atom. The van der Waals surface area contributed by atoms with E-state index in [1.807, 2.05) is 61.6 Å². The smallest absolute Gasteiger partial charge is 0.279 e. The Bertz CT molecular complexity index is 1000. The van der Waals surface area contributed by atoms with E-state index in [-0.39, 0.29) is 18.4 Å². The molecule has 1 unspecified atom stereocenters. The second-order valence-corrected chi connectivity index (χ2v) is 7.42. The number of nitrogens with one attached hydrogen (secondary N) is 3. The standard InChI is InChI=1S/C25H27N3O3/c1-28(17-20-12-14-21(31-2)15-13-20)18-24(29)27-23-11-7-6-10-22(23)25(30)26-16-19-8-4-3-5-9-19/h3-15H,16-18H2,1-2H3,(H,26,30)(H,27,29)/p+1. The maximum absolute atomic E-state index is 12.7. The minimum Gasteiger partial charge on any atom is -0.497 e. The van der Waals surface area contributed by atoms with Gasteiger partial charge in [0.15, 0.2) is 6.54 Å². The number of carbonyl (C=O) groups excluding carboxylic acids is 2. The van der Waals surface area contributed by atoms with Gasteiger partial charge in [0.1, 0.15) is 12.3 Å². The molecule has 0 heterocycles. The number of rotatable bonds is 9. The number of quaternary nitrogens is 1. The molecule has 0 radical (unpaired) electrons. The lowest BCUT2D eigenvalue weighted by atomic mass is 10.1. The molecule has 0 aromatic heterocycles. The number of carbonyl (C=O) groups is 2. The zero-order valence-corrected chi connectivity index (χ0v) is 17.9. The van der Waals surface area contributed by atoms with Gasteiger partial charge in [-0.2, -0.15) is 0 Å². The molecule has 3 aromatic carbocycles. The molecule has 0 aliphatic heterocycles. The fraction of sp³-hybridized carbons (Fsp3) is 0.200. The summed E-state index contributed by atoms with van der Waals surface area (Å²) in [5.74, 6) is 0.439. The lowest BCUT2D eigenvalue weighted by Gasteiger charge is -2.15. The minimum absolute atomic E-state index is 0.144. The molecule has 31 heavy (non-hydrogen) atoms. The largest absolute Gasteiger partial charge is 0.497 e. The summed E-state index contributed by atoms with van der Waals surface area (Å²) in [5.41, 5.74) is 3.09. The summed E-state index contributed by atoms with van der Waals surface area (Å²) in [7, 11) is 3.60. The van der Waals surface area contributed by atoms with Crippen LogP contribution in [0.3, 0.4) is 0 Å². The van der Waals surface area contributed by atoms with Crippen molar-refractivity contribution >= 4 is 17.5 Å². The van der Waals surface area contributed by atoms with Crippen LogP contribution < -0.4 is 20.3 Å². The van der Waals surface area contributed by atoms with Gasteiger partial charge in [0, 0.05) is 12.1 Å². The zero-order valence-electron chi connectivity index (χ0n) is 17.9. The van der Waals surface area contributed by atoms with Gasteiger partial charge in [0.25, 0.3) is 11.8 Å². The molecule has 3 rings (SSSR count). The van der Waals surface area contributed by atoms with Crippen LogP contribution in [-0.2, 0) is 17.9 Å². The number of likely N-dealkylation sites (N-methyl/N-ethyl adjacent to an activating group) is 1. The molecular formula is C25H28N3O3+. The molecule has 0 spiro atoms. The highest BCUT2D eigenvalue weighted by molar-refractivity contribution is 6.03. The van der Waals surface area contributed by atoms with Crippen molar-refractivity contribution in [3.63, 3.8) is 0 Å². The van der Waals surface area contributed by atoms with Gasteiger partial charge in [-0.25, -0.2) is 0 Å². The average Bonchev–Trinajstić information content (AvgIpc) is 2.79. The molecule has 0 fully saturated rings. The van der Waals surface area contributed by atoms with Crippen LogP contribution in [0.2, 0.25) is 0 Å². The van der Waals surface area contributed by atoms with E-state index < -0.39 is 0 Å². The molecule has 160 valence electrons. The molecule has 0 bridgehead atoms. The molecule has 0 aliphatic carbocycles. The molecule has 6 nitrogen and oxygen atoms in total. The lowest BCUT2D eigenvalue weighted by Crippen LogP contribution is -3.08. The Balaban J connectivity index is 1.56. The second-order valence-electron chi connectivity index (χ2n) is 7.42. The maximum atomic E-state index is 12.7. The molecule has 0 aliphatic rings. The number of anilines is 1. The van der Waals surface area contributed by atoms with E-state index in [0.717, 1.165) is 21.8 Å². The van der Waals surface area contributed by atoms with Gasteiger partial charge in [-0.15, -0.1) is 0 Å². The van der Waals surface area contributed by atoms with Crippen molar-refractivity contribution in [1.82, 2.24) is 5.32 Å². The summed E-state index contributed by atoms with van der Waals surface area (Å²) in [6.07, 6.45) is 0. The SMILES string of the molecule is COc1ccc(C[NH+](C)CC(=O)Nc2ccccc2C(=O)NCc2ccccc2)cc1. The fourth-order valence-electron chi connectivity index (χ4n) is 3.29. The lowest BCUT2D eigenvalue weighted by molar-refractivity contribution is -0.885. The number of amides is 2. The number of benzene rings is 3. The highest BCUT2D eigenvalue weighted by Crippen LogP contribution is 2.15. The first-order valence-corrected chi connectivity index (χ1v) is 10.2. The molecule has 3 N–H and O–H groups in total. The number of hydrogen-bond donors (Lipinski definition) is 3. The summed E-state index contributed by atoms with van der Waals surface area (Å²) in [5, 5.41) is 5.79. The van der Waals surface area contributed by atoms with Crippen LogP contribution in [0.25, 0.3) is 0 Å². The molecule has 3 aromatic rings. The highest BCUT2D eigenvalue weighted by atomic mass is 16.5. The Morgan fingerprint density at radius 1 is 0.871 bits per heavy atom. The maximum Gasteiger partial charge on any atom is 0.279 e. The number of methoxy groups -OCH3 is 1. The van der Waals surface area contributed by atoms with Crippen molar-refractivity contribution in [3.8, 4) is 5.75 Å². The summed E-state index contributed by atoms with van der Waals surface area (Å²) in [4.78, 5) is 26.3. The Labute approximate surface area is 182 Å². The van der Waals surface area contributed by atoms with Gasteiger partial charge >= 0.3 is 0 Å². The molecule has 2 amide bonds. The zero-order chi connectivity index (χ0) is 22.1. The Kier molecular flexibility index (Phi) is 7.79. The molecular weight excluding hydrogens is 390 g/mol. The van der Waals surface area contributed by atoms with Crippen LogP contribution in [0, 0.1) is 0 Å². The van der Waals surface area contributed by atoms with Gasteiger partial charge in [0.05, 0.1) is 25.4 Å². The number of hydrogen-bond acceptors (Lipinski definition) is 3. The summed E-state index contributed by atoms with van der Waals surface area (Å²) >= 11 is 0. The second kappa shape index (κ2) is 10.9. The van der Waals surface area contributed by atoms with E-state index >= 15 is 0 Å². The molecule has 0 saturated heterocycles. The van der Waals surface area contributed by atoms with Gasteiger partial charge in [-0.1, -0.05) is 42.5 Å². The molecule has 1 atom stereocenters. The van der Waals surface area contributed by atoms with Crippen LogP contribution in [-0.4, -0.2) is 32.5 Å². The topological polar surface area (TPSA) is 71.9 Å². The van der Waals surface area contributed by atoms with Crippen LogP contribution in [0.5, 0.6) is 5.75 Å². The van der Waals surface area contributed by atoms with Crippen molar-refractivity contribution in [1.29, 1.82) is 0 Å². The first-order chi connectivity index (χ1) is 15.0. The fourth-order valence-corrected chi connectivity index (χ4v) is 3.29. The van der Waals surface area contributed by atoms with Crippen LogP contribution in [0.15, 0.2) is 78.9 Å². The van der Waals surface area contributed by atoms with Crippen LogP contribution >= 0.6 is 0 Å². The van der Waals surface area contributed by atoms with Crippen LogP contribution in [0.1, 0.15) is 21.5 Å². The highest BCUT2D eigenvalue weighted by Gasteiger charge is 2.16. The van der Waals surface area contributed by atoms with E-state index in [0.29, 0.717) is 24.3 Å². The third-order valence-electron chi connectivity index (χ3n) is 4.87. The van der Waals surface area contributed by atoms with Gasteiger partial charge in [0.2, 0.25) is 0 Å². The van der Waals surface area contributed by atoms with Crippen molar-refractivity contribution in [3.05, 3.63) is 95.6 Å². The quantitative estimate of drug-likeness (QED) is 0.499. The monoisotopic (exact) mass is 418 g/mol. The van der Waals surface area contributed by atoms with Crippen LogP contribution in [0.4, 0.5) is 5.69 Å². The molecule has 6 heteroatoms. The first-order valence-electron chi connectivity index (χ1n) is 10.2.